The summed E-state index contributed by atoms with van der Waals surface area (Å²) < 4.78 is 56.6. The number of ether oxygens (including phenoxy) is 9. The first-order valence-corrected chi connectivity index (χ1v) is 17.7. The van der Waals surface area contributed by atoms with Gasteiger partial charge in [0, 0.05) is 63.9 Å². The maximum Gasteiger partial charge on any atom is 0.339 e. The number of methoxy groups -OCH3 is 1. The molecule has 2 aliphatic heterocycles. The standard InChI is InChI=1S/C37H46O18/c1-17(38)48-16-25-29(50-19(3)40)30(51-20(4)41)31(52-21(5)42)33(53-25)55-27-14-37(45)34(44)54-24(22-11-12-47-15-22)13-35(37,6)26-10-9-23(49-18(2)39)28(32(43)46-8)36(26,27)7/h11-12,15,24-27,29-31,33,45H,9-10,13-14,16H2,1-8H3/t24-,25+,26-,27-,29+,30-,31+,33-,35-,36-,37+/m0/s1. The molecule has 11 atom stereocenters. The molecule has 0 aromatic carbocycles. The van der Waals surface area contributed by atoms with E-state index in [9.17, 15) is 38.7 Å². The highest BCUT2D eigenvalue weighted by Crippen LogP contribution is 2.68. The molecule has 0 radical (unpaired) electrons. The van der Waals surface area contributed by atoms with Crippen LogP contribution in [0.15, 0.2) is 34.3 Å². The van der Waals surface area contributed by atoms with Crippen LogP contribution in [0.2, 0.25) is 0 Å². The SMILES string of the molecule is COC(=O)C1=C(OC(C)=O)CC[C@@H]2[C@@]1(C)[C@@H](O[C@@H]1O[C@H](COC(C)=O)[C@@H](OC(C)=O)[C@H](OC(C)=O)[C@H]1OC(C)=O)C[C@@]1(O)C(=O)O[C@H](c3ccoc3)C[C@@]21C. The average molecular weight is 779 g/mol. The van der Waals surface area contributed by atoms with Gasteiger partial charge in [-0.05, 0) is 24.8 Å². The molecule has 1 N–H and O–H groups in total. The van der Waals surface area contributed by atoms with Crippen molar-refractivity contribution in [1.29, 1.82) is 0 Å². The zero-order chi connectivity index (χ0) is 40.6. The number of rotatable bonds is 10. The summed E-state index contributed by atoms with van der Waals surface area (Å²) in [5.74, 6) is -6.81. The maximum absolute atomic E-state index is 14.1. The van der Waals surface area contributed by atoms with Gasteiger partial charge in [-0.25, -0.2) is 9.59 Å². The van der Waals surface area contributed by atoms with E-state index in [-0.39, 0.29) is 30.6 Å². The lowest BCUT2D eigenvalue weighted by molar-refractivity contribution is -0.341. The first-order chi connectivity index (χ1) is 25.8. The molecule has 1 saturated carbocycles. The molecule has 2 aliphatic carbocycles. The lowest BCUT2D eigenvalue weighted by Gasteiger charge is -2.65. The van der Waals surface area contributed by atoms with Crippen LogP contribution in [0.25, 0.3) is 0 Å². The van der Waals surface area contributed by atoms with Gasteiger partial charge in [-0.15, -0.1) is 0 Å². The minimum absolute atomic E-state index is 0.0210. The molecule has 1 aromatic rings. The van der Waals surface area contributed by atoms with E-state index in [1.54, 1.807) is 19.9 Å². The summed E-state index contributed by atoms with van der Waals surface area (Å²) in [5, 5.41) is 12.6. The highest BCUT2D eigenvalue weighted by Gasteiger charge is 2.73. The number of carbonyl (C=O) groups is 7. The molecule has 55 heavy (non-hydrogen) atoms. The van der Waals surface area contributed by atoms with Crippen molar-refractivity contribution in [2.75, 3.05) is 13.7 Å². The van der Waals surface area contributed by atoms with Crippen LogP contribution in [0, 0.1) is 16.7 Å². The predicted octanol–water partition coefficient (Wildman–Crippen LogP) is 2.28. The molecule has 0 amide bonds. The molecule has 0 spiro atoms. The van der Waals surface area contributed by atoms with Crippen molar-refractivity contribution >= 4 is 41.8 Å². The van der Waals surface area contributed by atoms with E-state index in [1.807, 2.05) is 0 Å². The minimum atomic E-state index is -2.28. The fourth-order valence-corrected chi connectivity index (χ4v) is 8.83. The van der Waals surface area contributed by atoms with E-state index in [1.165, 1.54) is 12.5 Å². The van der Waals surface area contributed by atoms with E-state index in [0.29, 0.717) is 5.56 Å². The number of cyclic esters (lactones) is 1. The van der Waals surface area contributed by atoms with Crippen molar-refractivity contribution in [3.05, 3.63) is 35.5 Å². The Kier molecular flexibility index (Phi) is 11.8. The van der Waals surface area contributed by atoms with Gasteiger partial charge in [0.15, 0.2) is 30.2 Å². The first-order valence-electron chi connectivity index (χ1n) is 17.7. The molecule has 18 heteroatoms. The fourth-order valence-electron chi connectivity index (χ4n) is 8.83. The quantitative estimate of drug-likeness (QED) is 0.265. The third kappa shape index (κ3) is 7.71. The van der Waals surface area contributed by atoms with Crippen LogP contribution in [-0.4, -0.2) is 103 Å². The number of allylic oxidation sites excluding steroid dienone is 1. The number of furan rings is 1. The molecular weight excluding hydrogens is 732 g/mol. The fraction of sp³-hybridized carbons (Fsp3) is 0.649. The summed E-state index contributed by atoms with van der Waals surface area (Å²) in [6, 6.07) is 1.63. The highest BCUT2D eigenvalue weighted by molar-refractivity contribution is 5.92. The topological polar surface area (TPSA) is 236 Å². The molecule has 3 fully saturated rings. The van der Waals surface area contributed by atoms with Gasteiger partial charge in [-0.1, -0.05) is 13.8 Å². The van der Waals surface area contributed by atoms with Gasteiger partial charge < -0.3 is 52.2 Å². The largest absolute Gasteiger partial charge is 0.472 e. The number of hydrogen-bond donors (Lipinski definition) is 1. The maximum atomic E-state index is 14.1. The van der Waals surface area contributed by atoms with Crippen LogP contribution < -0.4 is 0 Å². The van der Waals surface area contributed by atoms with Crippen molar-refractivity contribution < 1.29 is 85.7 Å². The Balaban J connectivity index is 1.70. The number of aliphatic hydroxyl groups is 1. The molecule has 1 aromatic heterocycles. The Morgan fingerprint density at radius 1 is 0.873 bits per heavy atom. The summed E-state index contributed by atoms with van der Waals surface area (Å²) in [7, 11) is 1.14. The lowest BCUT2D eigenvalue weighted by atomic mass is 9.43. The number of fused-ring (bicyclic) bond motifs is 3. The van der Waals surface area contributed by atoms with Gasteiger partial charge in [0.1, 0.15) is 24.6 Å². The van der Waals surface area contributed by atoms with Crippen LogP contribution in [0.4, 0.5) is 0 Å². The van der Waals surface area contributed by atoms with Crippen molar-refractivity contribution in [3.63, 3.8) is 0 Å². The summed E-state index contributed by atoms with van der Waals surface area (Å²) in [6.45, 7) is 8.25. The van der Waals surface area contributed by atoms with Crippen LogP contribution in [-0.2, 0) is 76.2 Å². The van der Waals surface area contributed by atoms with Crippen molar-refractivity contribution in [1.82, 2.24) is 0 Å². The minimum Gasteiger partial charge on any atom is -0.472 e. The summed E-state index contributed by atoms with van der Waals surface area (Å²) in [6.07, 6.45) is -7.75. The molecule has 2 saturated heterocycles. The third-order valence-corrected chi connectivity index (χ3v) is 11.1. The second-order valence-electron chi connectivity index (χ2n) is 14.6. The van der Waals surface area contributed by atoms with E-state index in [4.69, 9.17) is 47.0 Å². The second kappa shape index (κ2) is 15.7. The van der Waals surface area contributed by atoms with Crippen LogP contribution in [0.1, 0.15) is 85.8 Å². The summed E-state index contributed by atoms with van der Waals surface area (Å²) >= 11 is 0. The Hall–Kier alpha value is -4.81. The van der Waals surface area contributed by atoms with E-state index in [0.717, 1.165) is 41.7 Å². The summed E-state index contributed by atoms with van der Waals surface area (Å²) in [5.41, 5.74) is -4.77. The monoisotopic (exact) mass is 778 g/mol. The van der Waals surface area contributed by atoms with E-state index in [2.05, 4.69) is 0 Å². The van der Waals surface area contributed by atoms with Crippen LogP contribution in [0.3, 0.4) is 0 Å². The Labute approximate surface area is 316 Å². The molecular formula is C37H46O18. The average Bonchev–Trinajstić information content (AvgIpc) is 3.62. The van der Waals surface area contributed by atoms with Gasteiger partial charge in [0.05, 0.1) is 31.3 Å². The number of esters is 7. The van der Waals surface area contributed by atoms with Gasteiger partial charge in [0.25, 0.3) is 0 Å². The van der Waals surface area contributed by atoms with Gasteiger partial charge in [-0.3, -0.25) is 24.0 Å². The van der Waals surface area contributed by atoms with E-state index < -0.39 is 120 Å². The molecule has 4 aliphatic rings. The summed E-state index contributed by atoms with van der Waals surface area (Å²) in [4.78, 5) is 89.7. The molecule has 3 heterocycles. The predicted molar refractivity (Wildman–Crippen MR) is 178 cm³/mol. The zero-order valence-corrected chi connectivity index (χ0v) is 31.8. The van der Waals surface area contributed by atoms with E-state index >= 15 is 0 Å². The lowest BCUT2D eigenvalue weighted by Crippen LogP contribution is -2.72. The highest BCUT2D eigenvalue weighted by atomic mass is 16.7. The number of hydrogen-bond acceptors (Lipinski definition) is 18. The molecule has 0 unspecified atom stereocenters. The number of carbonyl (C=O) groups excluding carboxylic acids is 7. The van der Waals surface area contributed by atoms with Crippen molar-refractivity contribution in [2.24, 2.45) is 16.7 Å². The first kappa shape index (κ1) is 41.4. The normalized spacial score (nSPS) is 35.5. The van der Waals surface area contributed by atoms with Gasteiger partial charge in [-0.2, -0.15) is 0 Å². The smallest absolute Gasteiger partial charge is 0.339 e. The Bertz CT molecular complexity index is 1730. The van der Waals surface area contributed by atoms with Gasteiger partial charge in [0.2, 0.25) is 0 Å². The third-order valence-electron chi connectivity index (χ3n) is 11.1. The van der Waals surface area contributed by atoms with Crippen molar-refractivity contribution in [2.45, 2.75) is 123 Å². The van der Waals surface area contributed by atoms with Gasteiger partial charge >= 0.3 is 41.8 Å². The Morgan fingerprint density at radius 3 is 2.07 bits per heavy atom. The second-order valence-corrected chi connectivity index (χ2v) is 14.6. The molecule has 302 valence electrons. The molecule has 5 rings (SSSR count). The zero-order valence-electron chi connectivity index (χ0n) is 31.8. The van der Waals surface area contributed by atoms with Crippen molar-refractivity contribution in [3.8, 4) is 0 Å². The molecule has 0 bridgehead atoms. The van der Waals surface area contributed by atoms with Crippen LogP contribution in [0.5, 0.6) is 0 Å². The molecule has 18 nitrogen and oxygen atoms in total. The Morgan fingerprint density at radius 2 is 1.51 bits per heavy atom. The van der Waals surface area contributed by atoms with Crippen LogP contribution >= 0.6 is 0 Å².